The molecule has 2 amide bonds. The molecule has 142 valence electrons. The Morgan fingerprint density at radius 1 is 1.15 bits per heavy atom. The van der Waals surface area contributed by atoms with Gasteiger partial charge in [0.15, 0.2) is 6.10 Å². The number of halogens is 1. The molecule has 0 unspecified atom stereocenters. The molecule has 0 saturated heterocycles. The molecule has 0 aromatic heterocycles. The summed E-state index contributed by atoms with van der Waals surface area (Å²) in [6.45, 7) is 1.49. The van der Waals surface area contributed by atoms with Crippen molar-refractivity contribution in [3.8, 4) is 0 Å². The molecule has 0 heterocycles. The average molecular weight is 407 g/mol. The largest absolute Gasteiger partial charge is 0.452 e. The van der Waals surface area contributed by atoms with E-state index in [-0.39, 0.29) is 5.75 Å². The van der Waals surface area contributed by atoms with Crippen LogP contribution in [0, 0.1) is 0 Å². The third kappa shape index (κ3) is 6.62. The van der Waals surface area contributed by atoms with Crippen LogP contribution in [-0.2, 0) is 20.1 Å². The third-order valence-corrected chi connectivity index (χ3v) is 4.87. The van der Waals surface area contributed by atoms with Gasteiger partial charge in [-0.1, -0.05) is 29.8 Å². The van der Waals surface area contributed by atoms with Gasteiger partial charge in [-0.3, -0.25) is 14.4 Å². The van der Waals surface area contributed by atoms with Crippen LogP contribution in [0.2, 0.25) is 5.02 Å². The molecule has 2 rings (SSSR count). The Labute approximate surface area is 166 Å². The second-order valence-corrected chi connectivity index (χ2v) is 7.04. The number of anilines is 1. The number of benzene rings is 2. The van der Waals surface area contributed by atoms with Crippen molar-refractivity contribution >= 4 is 46.8 Å². The summed E-state index contributed by atoms with van der Waals surface area (Å²) in [7, 11) is 0. The monoisotopic (exact) mass is 406 g/mol. The normalized spacial score (nSPS) is 11.5. The lowest BCUT2D eigenvalue weighted by atomic mass is 10.2. The van der Waals surface area contributed by atoms with Crippen molar-refractivity contribution < 1.29 is 19.1 Å². The summed E-state index contributed by atoms with van der Waals surface area (Å²) in [4.78, 5) is 35.0. The van der Waals surface area contributed by atoms with E-state index < -0.39 is 23.9 Å². The van der Waals surface area contributed by atoms with Crippen LogP contribution in [0.15, 0.2) is 48.5 Å². The lowest BCUT2D eigenvalue weighted by molar-refractivity contribution is -0.150. The van der Waals surface area contributed by atoms with Gasteiger partial charge in [0.25, 0.3) is 5.91 Å². The van der Waals surface area contributed by atoms with E-state index in [1.807, 2.05) is 18.2 Å². The molecule has 0 saturated carbocycles. The Morgan fingerprint density at radius 3 is 2.44 bits per heavy atom. The molecule has 1 atom stereocenters. The summed E-state index contributed by atoms with van der Waals surface area (Å²) in [5.74, 6) is -0.827. The molecule has 8 heteroatoms. The molecule has 0 bridgehead atoms. The second-order valence-electron chi connectivity index (χ2n) is 5.65. The molecule has 3 N–H and O–H groups in total. The molecule has 0 aliphatic heterocycles. The molecular formula is C19H19ClN2O4S. The van der Waals surface area contributed by atoms with Gasteiger partial charge >= 0.3 is 5.97 Å². The number of esters is 1. The van der Waals surface area contributed by atoms with Crippen LogP contribution in [0.3, 0.4) is 0 Å². The van der Waals surface area contributed by atoms with Gasteiger partial charge in [-0.25, -0.2) is 0 Å². The number of carbonyl (C=O) groups is 3. The van der Waals surface area contributed by atoms with Gasteiger partial charge in [0.2, 0.25) is 5.91 Å². The number of ether oxygens (including phenoxy) is 1. The van der Waals surface area contributed by atoms with Crippen molar-refractivity contribution in [3.05, 3.63) is 64.7 Å². The molecule has 27 heavy (non-hydrogen) atoms. The molecule has 0 aliphatic rings. The number of hydrogen-bond acceptors (Lipinski definition) is 5. The molecule has 0 radical (unpaired) electrons. The fraction of sp³-hybridized carbons (Fsp3) is 0.211. The van der Waals surface area contributed by atoms with E-state index in [0.717, 1.165) is 5.56 Å². The Balaban J connectivity index is 1.77. The molecule has 2 aromatic carbocycles. The highest BCUT2D eigenvalue weighted by Gasteiger charge is 2.18. The maximum atomic E-state index is 12.1. The van der Waals surface area contributed by atoms with Gasteiger partial charge < -0.3 is 15.8 Å². The van der Waals surface area contributed by atoms with Crippen LogP contribution in [0.4, 0.5) is 5.69 Å². The van der Waals surface area contributed by atoms with Gasteiger partial charge in [-0.2, -0.15) is 0 Å². The van der Waals surface area contributed by atoms with Gasteiger partial charge in [0.05, 0.1) is 5.75 Å². The molecule has 0 spiro atoms. The molecule has 6 nitrogen and oxygen atoms in total. The number of nitrogens with one attached hydrogen (secondary N) is 1. The minimum atomic E-state index is -0.950. The summed E-state index contributed by atoms with van der Waals surface area (Å²) >= 11 is 7.42. The van der Waals surface area contributed by atoms with Gasteiger partial charge in [-0.15, -0.1) is 11.8 Å². The Kier molecular flexibility index (Phi) is 7.69. The van der Waals surface area contributed by atoms with Crippen molar-refractivity contribution in [2.45, 2.75) is 18.8 Å². The lowest BCUT2D eigenvalue weighted by Gasteiger charge is -2.13. The van der Waals surface area contributed by atoms with Crippen molar-refractivity contribution in [1.82, 2.24) is 0 Å². The average Bonchev–Trinajstić information content (AvgIpc) is 2.63. The highest BCUT2D eigenvalue weighted by molar-refractivity contribution is 7.99. The van der Waals surface area contributed by atoms with E-state index in [4.69, 9.17) is 22.1 Å². The summed E-state index contributed by atoms with van der Waals surface area (Å²) in [5.41, 5.74) is 6.90. The Bertz CT molecular complexity index is 827. The third-order valence-electron chi connectivity index (χ3n) is 3.55. The van der Waals surface area contributed by atoms with Gasteiger partial charge in [-0.05, 0) is 42.8 Å². The maximum absolute atomic E-state index is 12.1. The number of primary amides is 1. The van der Waals surface area contributed by atoms with Crippen molar-refractivity contribution in [2.75, 3.05) is 11.1 Å². The minimum Gasteiger partial charge on any atom is -0.452 e. The highest BCUT2D eigenvalue weighted by Crippen LogP contribution is 2.20. The minimum absolute atomic E-state index is 0.107. The summed E-state index contributed by atoms with van der Waals surface area (Å²) in [6.07, 6.45) is -0.950. The van der Waals surface area contributed by atoms with Crippen molar-refractivity contribution in [2.24, 2.45) is 5.73 Å². The molecular weight excluding hydrogens is 388 g/mol. The van der Waals surface area contributed by atoms with Crippen molar-refractivity contribution in [3.63, 3.8) is 0 Å². The first-order valence-electron chi connectivity index (χ1n) is 8.08. The second kappa shape index (κ2) is 9.99. The Hall–Kier alpha value is -2.51. The van der Waals surface area contributed by atoms with E-state index >= 15 is 0 Å². The van der Waals surface area contributed by atoms with Gasteiger partial charge in [0, 0.05) is 22.0 Å². The number of nitrogens with two attached hydrogens (primary N) is 1. The van der Waals surface area contributed by atoms with E-state index in [9.17, 15) is 14.4 Å². The highest BCUT2D eigenvalue weighted by atomic mass is 35.5. The number of amides is 2. The first-order valence-corrected chi connectivity index (χ1v) is 9.61. The quantitative estimate of drug-likeness (QED) is 0.655. The van der Waals surface area contributed by atoms with Crippen LogP contribution in [0.5, 0.6) is 0 Å². The first kappa shape index (κ1) is 20.8. The smallest absolute Gasteiger partial charge is 0.316 e. The number of carbonyl (C=O) groups excluding carboxylic acids is 3. The van der Waals surface area contributed by atoms with E-state index in [1.54, 1.807) is 18.2 Å². The molecule has 2 aromatic rings. The molecule has 0 aliphatic carbocycles. The SMILES string of the molecule is C[C@H](OC(=O)CSCc1ccccc1Cl)C(=O)Nc1ccc(C(N)=O)cc1. The zero-order valence-electron chi connectivity index (χ0n) is 14.6. The Morgan fingerprint density at radius 2 is 1.81 bits per heavy atom. The summed E-state index contributed by atoms with van der Waals surface area (Å²) in [6, 6.07) is 13.5. The topological polar surface area (TPSA) is 98.5 Å². The standard InChI is InChI=1S/C19H19ClN2O4S/c1-12(19(25)22-15-8-6-13(7-9-15)18(21)24)26-17(23)11-27-10-14-4-2-3-5-16(14)20/h2-9,12H,10-11H2,1H3,(H2,21,24)(H,22,25)/t12-/m0/s1. The van der Waals surface area contributed by atoms with E-state index in [2.05, 4.69) is 5.32 Å². The van der Waals surface area contributed by atoms with Crippen LogP contribution in [-0.4, -0.2) is 29.6 Å². The van der Waals surface area contributed by atoms with E-state index in [1.165, 1.54) is 30.8 Å². The fourth-order valence-corrected chi connectivity index (χ4v) is 3.20. The van der Waals surface area contributed by atoms with Crippen LogP contribution in [0.25, 0.3) is 0 Å². The molecule has 0 fully saturated rings. The zero-order chi connectivity index (χ0) is 19.8. The number of hydrogen-bond donors (Lipinski definition) is 2. The maximum Gasteiger partial charge on any atom is 0.316 e. The predicted octanol–water partition coefficient (Wildman–Crippen LogP) is 3.24. The summed E-state index contributed by atoms with van der Waals surface area (Å²) < 4.78 is 5.14. The van der Waals surface area contributed by atoms with Gasteiger partial charge in [0.1, 0.15) is 0 Å². The first-order chi connectivity index (χ1) is 12.9. The summed E-state index contributed by atoms with van der Waals surface area (Å²) in [5, 5.41) is 3.26. The van der Waals surface area contributed by atoms with Crippen LogP contribution >= 0.6 is 23.4 Å². The number of rotatable bonds is 8. The predicted molar refractivity (Wildman–Crippen MR) is 107 cm³/mol. The number of thioether (sulfide) groups is 1. The van der Waals surface area contributed by atoms with Crippen molar-refractivity contribution in [1.29, 1.82) is 0 Å². The fourth-order valence-electron chi connectivity index (χ4n) is 2.11. The lowest BCUT2D eigenvalue weighted by Crippen LogP contribution is -2.30. The van der Waals surface area contributed by atoms with Crippen LogP contribution < -0.4 is 11.1 Å². The zero-order valence-corrected chi connectivity index (χ0v) is 16.2. The van der Waals surface area contributed by atoms with E-state index in [0.29, 0.717) is 22.0 Å². The van der Waals surface area contributed by atoms with Crippen LogP contribution in [0.1, 0.15) is 22.8 Å².